The van der Waals surface area contributed by atoms with Gasteiger partial charge < -0.3 is 10.2 Å². The van der Waals surface area contributed by atoms with Gasteiger partial charge in [0.15, 0.2) is 0 Å². The van der Waals surface area contributed by atoms with Gasteiger partial charge in [-0.2, -0.15) is 0 Å². The average Bonchev–Trinajstić information content (AvgIpc) is 2.48. The predicted molar refractivity (Wildman–Crippen MR) is 86.8 cm³/mol. The number of phenols is 2. The molecule has 2 aromatic carbocycles. The SMILES string of the molecule is CCCC(CCC)(c1ccc(O)cc1)c1ccc(O)cc1. The van der Waals surface area contributed by atoms with E-state index < -0.39 is 0 Å². The van der Waals surface area contributed by atoms with E-state index in [9.17, 15) is 10.2 Å². The van der Waals surface area contributed by atoms with Gasteiger partial charge in [0.1, 0.15) is 11.5 Å². The molecule has 2 N–H and O–H groups in total. The van der Waals surface area contributed by atoms with Crippen LogP contribution in [0.25, 0.3) is 0 Å². The molecule has 0 atom stereocenters. The molecule has 21 heavy (non-hydrogen) atoms. The summed E-state index contributed by atoms with van der Waals surface area (Å²) in [6.45, 7) is 4.40. The molecule has 0 aromatic heterocycles. The van der Waals surface area contributed by atoms with Crippen LogP contribution in [0.1, 0.15) is 50.7 Å². The standard InChI is InChI=1S/C19H24O2/c1-3-13-19(14-4-2,15-5-9-17(20)10-6-15)16-7-11-18(21)12-8-16/h5-12,20-21H,3-4,13-14H2,1-2H3. The molecular formula is C19H24O2. The fraction of sp³-hybridized carbons (Fsp3) is 0.368. The number of rotatable bonds is 6. The second kappa shape index (κ2) is 6.66. The highest BCUT2D eigenvalue weighted by atomic mass is 16.3. The van der Waals surface area contributed by atoms with Gasteiger partial charge >= 0.3 is 0 Å². The van der Waals surface area contributed by atoms with Crippen molar-refractivity contribution in [1.29, 1.82) is 0 Å². The molecule has 0 spiro atoms. The third-order valence-corrected chi connectivity index (χ3v) is 4.19. The molecular weight excluding hydrogens is 260 g/mol. The van der Waals surface area contributed by atoms with Crippen LogP contribution in [-0.4, -0.2) is 10.2 Å². The van der Waals surface area contributed by atoms with Gasteiger partial charge in [-0.15, -0.1) is 0 Å². The average molecular weight is 284 g/mol. The van der Waals surface area contributed by atoms with Crippen LogP contribution in [-0.2, 0) is 5.41 Å². The minimum absolute atomic E-state index is 0.0507. The second-order valence-electron chi connectivity index (χ2n) is 5.68. The third kappa shape index (κ3) is 3.21. The molecule has 0 heterocycles. The largest absolute Gasteiger partial charge is 0.508 e. The van der Waals surface area contributed by atoms with Crippen molar-refractivity contribution in [2.45, 2.75) is 44.9 Å². The molecule has 0 aliphatic rings. The van der Waals surface area contributed by atoms with E-state index >= 15 is 0 Å². The molecule has 2 nitrogen and oxygen atoms in total. The Morgan fingerprint density at radius 1 is 0.667 bits per heavy atom. The van der Waals surface area contributed by atoms with E-state index in [1.165, 1.54) is 11.1 Å². The van der Waals surface area contributed by atoms with Crippen molar-refractivity contribution in [2.75, 3.05) is 0 Å². The Morgan fingerprint density at radius 2 is 1.00 bits per heavy atom. The summed E-state index contributed by atoms with van der Waals surface area (Å²) < 4.78 is 0. The Hall–Kier alpha value is -1.96. The molecule has 0 bridgehead atoms. The summed E-state index contributed by atoms with van der Waals surface area (Å²) in [5.74, 6) is 0.595. The zero-order valence-electron chi connectivity index (χ0n) is 12.8. The van der Waals surface area contributed by atoms with Crippen LogP contribution in [0, 0.1) is 0 Å². The van der Waals surface area contributed by atoms with Crippen LogP contribution in [0.2, 0.25) is 0 Å². The van der Waals surface area contributed by atoms with Gasteiger partial charge in [-0.25, -0.2) is 0 Å². The highest BCUT2D eigenvalue weighted by Crippen LogP contribution is 2.41. The summed E-state index contributed by atoms with van der Waals surface area (Å²) in [6, 6.07) is 15.1. The number of benzene rings is 2. The molecule has 2 aromatic rings. The lowest BCUT2D eigenvalue weighted by Gasteiger charge is -2.35. The number of hydrogen-bond donors (Lipinski definition) is 2. The van der Waals surface area contributed by atoms with E-state index in [1.807, 2.05) is 24.3 Å². The molecule has 0 saturated carbocycles. The summed E-state index contributed by atoms with van der Waals surface area (Å²) in [4.78, 5) is 0. The Balaban J connectivity index is 2.56. The van der Waals surface area contributed by atoms with Gasteiger partial charge in [0.25, 0.3) is 0 Å². The topological polar surface area (TPSA) is 40.5 Å². The maximum absolute atomic E-state index is 9.56. The minimum atomic E-state index is -0.0507. The molecule has 0 fully saturated rings. The van der Waals surface area contributed by atoms with Crippen molar-refractivity contribution in [3.63, 3.8) is 0 Å². The first-order chi connectivity index (χ1) is 10.1. The van der Waals surface area contributed by atoms with Crippen LogP contribution in [0.5, 0.6) is 11.5 Å². The second-order valence-corrected chi connectivity index (χ2v) is 5.68. The summed E-state index contributed by atoms with van der Waals surface area (Å²) >= 11 is 0. The normalized spacial score (nSPS) is 11.5. The first kappa shape index (κ1) is 15.4. The Bertz CT molecular complexity index is 502. The zero-order valence-corrected chi connectivity index (χ0v) is 12.8. The van der Waals surface area contributed by atoms with Crippen LogP contribution in [0.4, 0.5) is 0 Å². The van der Waals surface area contributed by atoms with Crippen molar-refractivity contribution >= 4 is 0 Å². The van der Waals surface area contributed by atoms with Crippen LogP contribution < -0.4 is 0 Å². The quantitative estimate of drug-likeness (QED) is 0.785. The molecule has 2 heteroatoms. The fourth-order valence-electron chi connectivity index (χ4n) is 3.28. The Morgan fingerprint density at radius 3 is 1.29 bits per heavy atom. The van der Waals surface area contributed by atoms with Crippen LogP contribution in [0.3, 0.4) is 0 Å². The Labute approximate surface area is 127 Å². The Kier molecular flexibility index (Phi) is 4.89. The lowest BCUT2D eigenvalue weighted by Crippen LogP contribution is -2.27. The van der Waals surface area contributed by atoms with Crippen molar-refractivity contribution in [2.24, 2.45) is 0 Å². The molecule has 2 rings (SSSR count). The maximum atomic E-state index is 9.56. The van der Waals surface area contributed by atoms with Crippen molar-refractivity contribution < 1.29 is 10.2 Å². The molecule has 0 unspecified atom stereocenters. The summed E-state index contributed by atoms with van der Waals surface area (Å²) in [6.07, 6.45) is 4.27. The van der Waals surface area contributed by atoms with E-state index in [-0.39, 0.29) is 5.41 Å². The fourth-order valence-corrected chi connectivity index (χ4v) is 3.28. The molecule has 0 radical (unpaired) electrons. The monoisotopic (exact) mass is 284 g/mol. The first-order valence-corrected chi connectivity index (χ1v) is 7.71. The summed E-state index contributed by atoms with van der Waals surface area (Å²) in [5, 5.41) is 19.1. The molecule has 0 amide bonds. The van der Waals surface area contributed by atoms with Crippen molar-refractivity contribution in [3.05, 3.63) is 59.7 Å². The van der Waals surface area contributed by atoms with Gasteiger partial charge in [0.05, 0.1) is 0 Å². The van der Waals surface area contributed by atoms with Crippen molar-refractivity contribution in [1.82, 2.24) is 0 Å². The number of phenolic OH excluding ortho intramolecular Hbond substituents is 2. The van der Waals surface area contributed by atoms with Crippen LogP contribution in [0.15, 0.2) is 48.5 Å². The van der Waals surface area contributed by atoms with E-state index in [0.29, 0.717) is 11.5 Å². The molecule has 0 aliphatic carbocycles. The van der Waals surface area contributed by atoms with E-state index in [4.69, 9.17) is 0 Å². The lowest BCUT2D eigenvalue weighted by molar-refractivity contribution is 0.422. The lowest BCUT2D eigenvalue weighted by atomic mass is 9.68. The summed E-state index contributed by atoms with van der Waals surface area (Å²) in [5.41, 5.74) is 2.41. The van der Waals surface area contributed by atoms with Gasteiger partial charge in [-0.1, -0.05) is 51.0 Å². The number of hydrogen-bond acceptors (Lipinski definition) is 2. The zero-order chi connectivity index (χ0) is 15.3. The highest BCUT2D eigenvalue weighted by Gasteiger charge is 2.32. The third-order valence-electron chi connectivity index (χ3n) is 4.19. The van der Waals surface area contributed by atoms with Gasteiger partial charge in [0.2, 0.25) is 0 Å². The molecule has 112 valence electrons. The van der Waals surface area contributed by atoms with Gasteiger partial charge in [-0.3, -0.25) is 0 Å². The molecule has 0 saturated heterocycles. The highest BCUT2D eigenvalue weighted by molar-refractivity contribution is 5.42. The molecule has 0 aliphatic heterocycles. The van der Waals surface area contributed by atoms with E-state index in [1.54, 1.807) is 24.3 Å². The number of aromatic hydroxyl groups is 2. The van der Waals surface area contributed by atoms with Gasteiger partial charge in [0, 0.05) is 5.41 Å². The van der Waals surface area contributed by atoms with Gasteiger partial charge in [-0.05, 0) is 48.2 Å². The summed E-state index contributed by atoms with van der Waals surface area (Å²) in [7, 11) is 0. The minimum Gasteiger partial charge on any atom is -0.508 e. The van der Waals surface area contributed by atoms with Crippen molar-refractivity contribution in [3.8, 4) is 11.5 Å². The predicted octanol–water partition coefficient (Wildman–Crippen LogP) is 4.98. The smallest absolute Gasteiger partial charge is 0.115 e. The van der Waals surface area contributed by atoms with E-state index in [2.05, 4.69) is 13.8 Å². The maximum Gasteiger partial charge on any atom is 0.115 e. The van der Waals surface area contributed by atoms with E-state index in [0.717, 1.165) is 25.7 Å². The van der Waals surface area contributed by atoms with Crippen LogP contribution >= 0.6 is 0 Å². The first-order valence-electron chi connectivity index (χ1n) is 7.71.